The molecule has 170 valence electrons. The molecule has 2 aromatic carbocycles. The van der Waals surface area contributed by atoms with Gasteiger partial charge in [-0.05, 0) is 24.5 Å². The third kappa shape index (κ3) is 4.03. The van der Waals surface area contributed by atoms with Gasteiger partial charge in [-0.3, -0.25) is 14.5 Å². The van der Waals surface area contributed by atoms with E-state index in [1.807, 2.05) is 30.3 Å². The number of likely N-dealkylation sites (tertiary alicyclic amines) is 1. The first-order valence-corrected chi connectivity index (χ1v) is 12.0. The summed E-state index contributed by atoms with van der Waals surface area (Å²) in [6.07, 6.45) is 1.80. The van der Waals surface area contributed by atoms with Gasteiger partial charge in [0.2, 0.25) is 0 Å². The third-order valence-corrected chi connectivity index (χ3v) is 7.68. The number of hydrogen-bond acceptors (Lipinski definition) is 5. The minimum Gasteiger partial charge on any atom is -0.494 e. The second-order valence-corrected chi connectivity index (χ2v) is 9.58. The van der Waals surface area contributed by atoms with Gasteiger partial charge in [-0.2, -0.15) is 0 Å². The lowest BCUT2D eigenvalue weighted by Crippen LogP contribution is -2.44. The Hall–Kier alpha value is -3.16. The molecule has 1 amide bonds. The van der Waals surface area contributed by atoms with Crippen LogP contribution in [0.3, 0.4) is 0 Å². The maximum Gasteiger partial charge on any atom is 0.265 e. The van der Waals surface area contributed by atoms with Gasteiger partial charge in [0.15, 0.2) is 5.75 Å². The maximum absolute atomic E-state index is 13.3. The van der Waals surface area contributed by atoms with Crippen LogP contribution >= 0.6 is 11.3 Å². The second kappa shape index (κ2) is 9.00. The number of nitrogens with one attached hydrogen (secondary N) is 1. The predicted octanol–water partition coefficient (Wildman–Crippen LogP) is 4.16. The molecule has 33 heavy (non-hydrogen) atoms. The zero-order valence-electron chi connectivity index (χ0n) is 18.8. The van der Waals surface area contributed by atoms with Crippen molar-refractivity contribution in [2.24, 2.45) is 7.05 Å². The number of nitrogens with zero attached hydrogens (tertiary/aromatic N) is 2. The van der Waals surface area contributed by atoms with Gasteiger partial charge in [0.05, 0.1) is 17.3 Å². The number of benzene rings is 2. The van der Waals surface area contributed by atoms with Crippen LogP contribution in [0.15, 0.2) is 59.4 Å². The summed E-state index contributed by atoms with van der Waals surface area (Å²) in [6.45, 7) is 2.81. The summed E-state index contributed by atoms with van der Waals surface area (Å²) in [4.78, 5) is 29.2. The lowest BCUT2D eigenvalue weighted by Gasteiger charge is -2.32. The molecule has 0 atom stereocenters. The first-order chi connectivity index (χ1) is 16.1. The van der Waals surface area contributed by atoms with Crippen molar-refractivity contribution in [1.29, 1.82) is 0 Å². The number of rotatable bonds is 5. The lowest BCUT2D eigenvalue weighted by molar-refractivity contribution is 0.0910. The van der Waals surface area contributed by atoms with E-state index in [0.717, 1.165) is 48.1 Å². The van der Waals surface area contributed by atoms with E-state index in [2.05, 4.69) is 34.5 Å². The van der Waals surface area contributed by atoms with Crippen molar-refractivity contribution in [3.05, 3.63) is 75.4 Å². The Balaban J connectivity index is 1.36. The van der Waals surface area contributed by atoms with E-state index < -0.39 is 0 Å². The number of aryl methyl sites for hydroxylation is 1. The predicted molar refractivity (Wildman–Crippen MR) is 133 cm³/mol. The molecule has 0 unspecified atom stereocenters. The van der Waals surface area contributed by atoms with Crippen LogP contribution in [-0.4, -0.2) is 41.6 Å². The normalized spacial score (nSPS) is 15.2. The van der Waals surface area contributed by atoms with Gasteiger partial charge in [0.25, 0.3) is 11.5 Å². The Morgan fingerprint density at radius 2 is 1.79 bits per heavy atom. The van der Waals surface area contributed by atoms with Gasteiger partial charge < -0.3 is 14.6 Å². The van der Waals surface area contributed by atoms with Gasteiger partial charge in [0.1, 0.15) is 10.3 Å². The molecule has 0 bridgehead atoms. The van der Waals surface area contributed by atoms with E-state index in [0.29, 0.717) is 16.0 Å². The Morgan fingerprint density at radius 3 is 2.52 bits per heavy atom. The average Bonchev–Trinajstić information content (AvgIpc) is 3.25. The van der Waals surface area contributed by atoms with Crippen molar-refractivity contribution in [2.45, 2.75) is 25.4 Å². The molecular weight excluding hydrogens is 434 g/mol. The number of ether oxygens (including phenoxy) is 1. The zero-order chi connectivity index (χ0) is 22.9. The van der Waals surface area contributed by atoms with E-state index in [4.69, 9.17) is 4.74 Å². The standard InChI is InChI=1S/C26H27N3O3S/c1-28-20-11-7-6-10-19(20)23-21(26(28)31)22(32-2)24(33-23)25(30)27-18-12-14-29(15-13-18)16-17-8-4-3-5-9-17/h3-11,18H,12-16H2,1-2H3,(H,27,30). The molecule has 6 nitrogen and oxygen atoms in total. The molecule has 0 aliphatic carbocycles. The number of pyridine rings is 1. The van der Waals surface area contributed by atoms with Crippen molar-refractivity contribution >= 4 is 38.2 Å². The summed E-state index contributed by atoms with van der Waals surface area (Å²) in [6, 6.07) is 18.3. The highest BCUT2D eigenvalue weighted by molar-refractivity contribution is 7.22. The number of carbonyl (C=O) groups is 1. The summed E-state index contributed by atoms with van der Waals surface area (Å²) in [5, 5.41) is 4.62. The van der Waals surface area contributed by atoms with Crippen LogP contribution in [0.4, 0.5) is 0 Å². The Morgan fingerprint density at radius 1 is 1.09 bits per heavy atom. The van der Waals surface area contributed by atoms with Crippen molar-refractivity contribution in [2.75, 3.05) is 20.2 Å². The lowest BCUT2D eigenvalue weighted by atomic mass is 10.0. The number of aromatic nitrogens is 1. The quantitative estimate of drug-likeness (QED) is 0.485. The van der Waals surface area contributed by atoms with Crippen LogP contribution < -0.4 is 15.6 Å². The number of fused-ring (bicyclic) bond motifs is 3. The van der Waals surface area contributed by atoms with Crippen molar-refractivity contribution in [1.82, 2.24) is 14.8 Å². The molecule has 1 N–H and O–H groups in total. The van der Waals surface area contributed by atoms with Crippen LogP contribution in [0.5, 0.6) is 5.75 Å². The first-order valence-electron chi connectivity index (χ1n) is 11.2. The van der Waals surface area contributed by atoms with Gasteiger partial charge in [-0.15, -0.1) is 11.3 Å². The highest BCUT2D eigenvalue weighted by Crippen LogP contribution is 2.39. The van der Waals surface area contributed by atoms with Crippen molar-refractivity contribution in [3.8, 4) is 5.75 Å². The molecule has 0 saturated carbocycles. The summed E-state index contributed by atoms with van der Waals surface area (Å²) >= 11 is 1.34. The average molecular weight is 462 g/mol. The minimum absolute atomic E-state index is 0.110. The summed E-state index contributed by atoms with van der Waals surface area (Å²) in [5.74, 6) is 0.209. The molecule has 1 saturated heterocycles. The van der Waals surface area contributed by atoms with Crippen LogP contribution in [-0.2, 0) is 13.6 Å². The fraction of sp³-hybridized carbons (Fsp3) is 0.308. The maximum atomic E-state index is 13.3. The van der Waals surface area contributed by atoms with Crippen LogP contribution in [0.25, 0.3) is 21.0 Å². The number of para-hydroxylation sites is 1. The van der Waals surface area contributed by atoms with Gasteiger partial charge in [-0.1, -0.05) is 48.5 Å². The van der Waals surface area contributed by atoms with Crippen molar-refractivity contribution < 1.29 is 9.53 Å². The molecule has 1 aliphatic rings. The molecular formula is C26H27N3O3S. The molecule has 5 rings (SSSR count). The third-order valence-electron chi connectivity index (χ3n) is 6.48. The smallest absolute Gasteiger partial charge is 0.265 e. The minimum atomic E-state index is -0.166. The Labute approximate surface area is 196 Å². The monoisotopic (exact) mass is 461 g/mol. The Kier molecular flexibility index (Phi) is 5.91. The molecule has 7 heteroatoms. The summed E-state index contributed by atoms with van der Waals surface area (Å²) in [5.41, 5.74) is 2.01. The van der Waals surface area contributed by atoms with Crippen LogP contribution in [0.2, 0.25) is 0 Å². The number of carbonyl (C=O) groups excluding carboxylic acids is 1. The van der Waals surface area contributed by atoms with Crippen LogP contribution in [0.1, 0.15) is 28.1 Å². The summed E-state index contributed by atoms with van der Waals surface area (Å²) in [7, 11) is 3.28. The zero-order valence-corrected chi connectivity index (χ0v) is 19.7. The second-order valence-electron chi connectivity index (χ2n) is 8.56. The fourth-order valence-corrected chi connectivity index (χ4v) is 5.91. The van der Waals surface area contributed by atoms with Gasteiger partial charge >= 0.3 is 0 Å². The fourth-order valence-electron chi connectivity index (χ4n) is 4.71. The molecule has 2 aromatic heterocycles. The highest BCUT2D eigenvalue weighted by Gasteiger charge is 2.27. The number of methoxy groups -OCH3 is 1. The van der Waals surface area contributed by atoms with E-state index >= 15 is 0 Å². The molecule has 1 fully saturated rings. The van der Waals surface area contributed by atoms with E-state index in [-0.39, 0.29) is 17.5 Å². The number of piperidine rings is 1. The molecule has 1 aliphatic heterocycles. The van der Waals surface area contributed by atoms with E-state index in [9.17, 15) is 9.59 Å². The molecule has 3 heterocycles. The highest BCUT2D eigenvalue weighted by atomic mass is 32.1. The first kappa shape index (κ1) is 21.7. The Bertz CT molecular complexity index is 1370. The summed E-state index contributed by atoms with van der Waals surface area (Å²) < 4.78 is 8.03. The number of hydrogen-bond donors (Lipinski definition) is 1. The van der Waals surface area contributed by atoms with E-state index in [1.165, 1.54) is 24.0 Å². The molecule has 0 spiro atoms. The SMILES string of the molecule is COc1c(C(=O)NC2CCN(Cc3ccccc3)CC2)sc2c1c(=O)n(C)c1ccccc21. The largest absolute Gasteiger partial charge is 0.494 e. The van der Waals surface area contributed by atoms with Crippen LogP contribution in [0, 0.1) is 0 Å². The van der Waals surface area contributed by atoms with E-state index in [1.54, 1.807) is 11.6 Å². The van der Waals surface area contributed by atoms with Crippen molar-refractivity contribution in [3.63, 3.8) is 0 Å². The number of thiophene rings is 1. The molecule has 0 radical (unpaired) electrons. The van der Waals surface area contributed by atoms with Gasteiger partial charge in [0, 0.05) is 38.1 Å². The van der Waals surface area contributed by atoms with Gasteiger partial charge in [-0.25, -0.2) is 0 Å². The number of amides is 1. The molecule has 4 aromatic rings. The topological polar surface area (TPSA) is 63.6 Å².